The molecule has 1 unspecified atom stereocenters. The van der Waals surface area contributed by atoms with Crippen LogP contribution in [0.15, 0.2) is 12.3 Å². The molecule has 5 nitrogen and oxygen atoms in total. The minimum absolute atomic E-state index is 0.215. The Morgan fingerprint density at radius 1 is 1.56 bits per heavy atom. The third kappa shape index (κ3) is 4.33. The maximum atomic E-state index is 11.1. The first-order valence-electron chi connectivity index (χ1n) is 6.01. The molecular weight excluding hydrogens is 230 g/mol. The first kappa shape index (κ1) is 14.4. The van der Waals surface area contributed by atoms with Crippen LogP contribution in [0.25, 0.3) is 0 Å². The lowest BCUT2D eigenvalue weighted by atomic mass is 10.1. The zero-order chi connectivity index (χ0) is 13.7. The minimum atomic E-state index is -0.954. The SMILES string of the molecule is Cc1cc(NC(C)CCN(C)C)c(C(=O)O)cn1. The number of pyridine rings is 1. The number of anilines is 1. The molecular formula is C13H21N3O2. The number of nitrogens with one attached hydrogen (secondary N) is 1. The summed E-state index contributed by atoms with van der Waals surface area (Å²) in [6, 6.07) is 1.99. The van der Waals surface area contributed by atoms with E-state index in [0.717, 1.165) is 18.7 Å². The first-order chi connectivity index (χ1) is 8.40. The summed E-state index contributed by atoms with van der Waals surface area (Å²) in [5.74, 6) is -0.954. The molecule has 0 aliphatic carbocycles. The van der Waals surface area contributed by atoms with Crippen LogP contribution in [0.5, 0.6) is 0 Å². The molecule has 0 saturated heterocycles. The molecule has 18 heavy (non-hydrogen) atoms. The van der Waals surface area contributed by atoms with Crippen LogP contribution in [0, 0.1) is 6.92 Å². The summed E-state index contributed by atoms with van der Waals surface area (Å²) in [6.45, 7) is 4.85. The third-order valence-electron chi connectivity index (χ3n) is 2.68. The second kappa shape index (κ2) is 6.35. The molecule has 1 atom stereocenters. The van der Waals surface area contributed by atoms with Crippen LogP contribution in [-0.4, -0.2) is 47.6 Å². The average molecular weight is 251 g/mol. The van der Waals surface area contributed by atoms with E-state index in [-0.39, 0.29) is 11.6 Å². The van der Waals surface area contributed by atoms with Crippen LogP contribution in [0.1, 0.15) is 29.4 Å². The highest BCUT2D eigenvalue weighted by Crippen LogP contribution is 2.17. The zero-order valence-electron chi connectivity index (χ0n) is 11.4. The number of carboxylic acids is 1. The third-order valence-corrected chi connectivity index (χ3v) is 2.68. The van der Waals surface area contributed by atoms with Gasteiger partial charge in [-0.2, -0.15) is 0 Å². The van der Waals surface area contributed by atoms with Crippen molar-refractivity contribution in [2.75, 3.05) is 26.0 Å². The van der Waals surface area contributed by atoms with Gasteiger partial charge in [-0.15, -0.1) is 0 Å². The van der Waals surface area contributed by atoms with Gasteiger partial charge in [0.25, 0.3) is 0 Å². The Kier molecular flexibility index (Phi) is 5.09. The van der Waals surface area contributed by atoms with Crippen LogP contribution in [-0.2, 0) is 0 Å². The molecule has 1 aromatic heterocycles. The van der Waals surface area contributed by atoms with Crippen molar-refractivity contribution in [3.8, 4) is 0 Å². The highest BCUT2D eigenvalue weighted by molar-refractivity contribution is 5.93. The van der Waals surface area contributed by atoms with Crippen molar-refractivity contribution in [1.29, 1.82) is 0 Å². The van der Waals surface area contributed by atoms with Gasteiger partial charge in [0.15, 0.2) is 0 Å². The van der Waals surface area contributed by atoms with Crippen LogP contribution in [0.3, 0.4) is 0 Å². The van der Waals surface area contributed by atoms with Crippen molar-refractivity contribution >= 4 is 11.7 Å². The largest absolute Gasteiger partial charge is 0.478 e. The lowest BCUT2D eigenvalue weighted by Gasteiger charge is -2.19. The summed E-state index contributed by atoms with van der Waals surface area (Å²) < 4.78 is 0. The molecule has 0 spiro atoms. The summed E-state index contributed by atoms with van der Waals surface area (Å²) in [5.41, 5.74) is 1.67. The molecule has 2 N–H and O–H groups in total. The zero-order valence-corrected chi connectivity index (χ0v) is 11.4. The predicted octanol–water partition coefficient (Wildman–Crippen LogP) is 1.84. The minimum Gasteiger partial charge on any atom is -0.478 e. The molecule has 5 heteroatoms. The van der Waals surface area contributed by atoms with E-state index in [2.05, 4.69) is 15.2 Å². The fourth-order valence-corrected chi connectivity index (χ4v) is 1.64. The van der Waals surface area contributed by atoms with Crippen LogP contribution in [0.2, 0.25) is 0 Å². The van der Waals surface area contributed by atoms with Crippen molar-refractivity contribution in [1.82, 2.24) is 9.88 Å². The molecule has 0 amide bonds. The monoisotopic (exact) mass is 251 g/mol. The number of hydrogen-bond acceptors (Lipinski definition) is 4. The van der Waals surface area contributed by atoms with E-state index in [1.165, 1.54) is 6.20 Å². The molecule has 1 aromatic rings. The van der Waals surface area contributed by atoms with Gasteiger partial charge in [-0.25, -0.2) is 4.79 Å². The maximum Gasteiger partial charge on any atom is 0.339 e. The van der Waals surface area contributed by atoms with Gasteiger partial charge in [0.2, 0.25) is 0 Å². The Labute approximate surface area is 108 Å². The average Bonchev–Trinajstić information content (AvgIpc) is 2.26. The lowest BCUT2D eigenvalue weighted by Crippen LogP contribution is -2.24. The normalized spacial score (nSPS) is 12.5. The molecule has 0 fully saturated rings. The first-order valence-corrected chi connectivity index (χ1v) is 6.01. The topological polar surface area (TPSA) is 65.5 Å². The standard InChI is InChI=1S/C13H21N3O2/c1-9(5-6-16(3)4)15-12-7-10(2)14-8-11(12)13(17)18/h7-9H,5-6H2,1-4H3,(H,14,15)(H,17,18). The van der Waals surface area contributed by atoms with Gasteiger partial charge in [-0.1, -0.05) is 0 Å². The number of aryl methyl sites for hydroxylation is 1. The number of hydrogen-bond donors (Lipinski definition) is 2. The molecule has 1 heterocycles. The molecule has 1 rings (SSSR count). The lowest BCUT2D eigenvalue weighted by molar-refractivity contribution is 0.0697. The van der Waals surface area contributed by atoms with Gasteiger partial charge in [0.05, 0.1) is 5.69 Å². The van der Waals surface area contributed by atoms with E-state index in [1.54, 1.807) is 6.07 Å². The molecule has 100 valence electrons. The number of aromatic carboxylic acids is 1. The summed E-state index contributed by atoms with van der Waals surface area (Å²) in [4.78, 5) is 17.2. The van der Waals surface area contributed by atoms with E-state index < -0.39 is 5.97 Å². The number of carboxylic acid groups (broad SMARTS) is 1. The maximum absolute atomic E-state index is 11.1. The van der Waals surface area contributed by atoms with Gasteiger partial charge in [-0.3, -0.25) is 4.98 Å². The Morgan fingerprint density at radius 2 is 2.22 bits per heavy atom. The van der Waals surface area contributed by atoms with Crippen LogP contribution >= 0.6 is 0 Å². The van der Waals surface area contributed by atoms with Crippen LogP contribution in [0.4, 0.5) is 5.69 Å². The van der Waals surface area contributed by atoms with Crippen molar-refractivity contribution < 1.29 is 9.90 Å². The van der Waals surface area contributed by atoms with Crippen molar-refractivity contribution in [2.24, 2.45) is 0 Å². The Bertz CT molecular complexity index is 419. The van der Waals surface area contributed by atoms with E-state index in [0.29, 0.717) is 5.69 Å². The van der Waals surface area contributed by atoms with Crippen molar-refractivity contribution in [3.63, 3.8) is 0 Å². The second-order valence-corrected chi connectivity index (χ2v) is 4.81. The second-order valence-electron chi connectivity index (χ2n) is 4.81. The summed E-state index contributed by atoms with van der Waals surface area (Å²) in [7, 11) is 4.04. The van der Waals surface area contributed by atoms with E-state index in [1.807, 2.05) is 27.9 Å². The Balaban J connectivity index is 2.76. The smallest absolute Gasteiger partial charge is 0.339 e. The number of carbonyl (C=O) groups is 1. The van der Waals surface area contributed by atoms with E-state index in [9.17, 15) is 4.79 Å². The van der Waals surface area contributed by atoms with Gasteiger partial charge in [0.1, 0.15) is 5.56 Å². The molecule has 0 bridgehead atoms. The van der Waals surface area contributed by atoms with Crippen LogP contribution < -0.4 is 5.32 Å². The summed E-state index contributed by atoms with van der Waals surface area (Å²) >= 11 is 0. The van der Waals surface area contributed by atoms with Crippen molar-refractivity contribution in [3.05, 3.63) is 23.5 Å². The van der Waals surface area contributed by atoms with E-state index >= 15 is 0 Å². The quantitative estimate of drug-likeness (QED) is 0.807. The van der Waals surface area contributed by atoms with Crippen molar-refractivity contribution in [2.45, 2.75) is 26.3 Å². The fourth-order valence-electron chi connectivity index (χ4n) is 1.64. The van der Waals surface area contributed by atoms with Gasteiger partial charge in [0, 0.05) is 17.9 Å². The highest BCUT2D eigenvalue weighted by Gasteiger charge is 2.13. The molecule has 0 radical (unpaired) electrons. The van der Waals surface area contributed by atoms with Gasteiger partial charge >= 0.3 is 5.97 Å². The molecule has 0 aliphatic heterocycles. The summed E-state index contributed by atoms with van der Waals surface area (Å²) in [6.07, 6.45) is 2.35. The van der Waals surface area contributed by atoms with Gasteiger partial charge in [-0.05, 0) is 47.0 Å². The Hall–Kier alpha value is -1.62. The van der Waals surface area contributed by atoms with E-state index in [4.69, 9.17) is 5.11 Å². The fraction of sp³-hybridized carbons (Fsp3) is 0.538. The molecule has 0 saturated carbocycles. The number of nitrogens with zero attached hydrogens (tertiary/aromatic N) is 2. The number of aromatic nitrogens is 1. The molecule has 0 aromatic carbocycles. The predicted molar refractivity (Wildman–Crippen MR) is 72.2 cm³/mol. The number of rotatable bonds is 6. The summed E-state index contributed by atoms with van der Waals surface area (Å²) in [5, 5.41) is 12.3. The Morgan fingerprint density at radius 3 is 2.78 bits per heavy atom. The highest BCUT2D eigenvalue weighted by atomic mass is 16.4. The molecule has 0 aliphatic rings. The van der Waals surface area contributed by atoms with Gasteiger partial charge < -0.3 is 15.3 Å².